The van der Waals surface area contributed by atoms with Gasteiger partial charge in [-0.25, -0.2) is 0 Å². The van der Waals surface area contributed by atoms with Crippen LogP contribution in [0.5, 0.6) is 0 Å². The summed E-state index contributed by atoms with van der Waals surface area (Å²) in [6.45, 7) is 5.12. The SMILES string of the molecule is C[N@@+]12CCN(C[C@@H]1Cc1ccccc1)[C@@H](Cc1ccccc1)C2. The minimum Gasteiger partial charge on any atom is -0.320 e. The molecular formula is C21H27N2+. The van der Waals surface area contributed by atoms with Gasteiger partial charge in [-0.2, -0.15) is 0 Å². The van der Waals surface area contributed by atoms with Gasteiger partial charge in [0.15, 0.2) is 0 Å². The highest BCUT2D eigenvalue weighted by Gasteiger charge is 2.47. The van der Waals surface area contributed by atoms with E-state index >= 15 is 0 Å². The molecule has 2 aromatic carbocycles. The van der Waals surface area contributed by atoms with Gasteiger partial charge in [0.1, 0.15) is 6.04 Å². The number of fused-ring (bicyclic) bond motifs is 3. The maximum atomic E-state index is 2.75. The Morgan fingerprint density at radius 1 is 0.913 bits per heavy atom. The van der Waals surface area contributed by atoms with Crippen LogP contribution in [0.15, 0.2) is 60.7 Å². The first-order valence-electron chi connectivity index (χ1n) is 8.89. The van der Waals surface area contributed by atoms with E-state index in [-0.39, 0.29) is 0 Å². The van der Waals surface area contributed by atoms with Crippen molar-refractivity contribution in [2.24, 2.45) is 0 Å². The van der Waals surface area contributed by atoms with Gasteiger partial charge in [-0.05, 0) is 17.5 Å². The predicted octanol–water partition coefficient (Wildman–Crippen LogP) is 2.98. The summed E-state index contributed by atoms with van der Waals surface area (Å²) in [4.78, 5) is 2.75. The van der Waals surface area contributed by atoms with Crippen LogP contribution in [-0.2, 0) is 12.8 Å². The van der Waals surface area contributed by atoms with E-state index in [1.54, 1.807) is 0 Å². The third-order valence-electron chi connectivity index (χ3n) is 6.00. The maximum absolute atomic E-state index is 2.75. The van der Waals surface area contributed by atoms with E-state index in [2.05, 4.69) is 72.6 Å². The van der Waals surface area contributed by atoms with Gasteiger partial charge in [0.25, 0.3) is 0 Å². The topological polar surface area (TPSA) is 3.24 Å². The second-order valence-corrected chi connectivity index (χ2v) is 7.57. The van der Waals surface area contributed by atoms with Crippen LogP contribution in [-0.4, -0.2) is 54.7 Å². The van der Waals surface area contributed by atoms with Crippen LogP contribution in [0, 0.1) is 0 Å². The smallest absolute Gasteiger partial charge is 0.106 e. The van der Waals surface area contributed by atoms with Gasteiger partial charge in [0.2, 0.25) is 0 Å². The molecule has 0 amide bonds. The van der Waals surface area contributed by atoms with Gasteiger partial charge in [-0.15, -0.1) is 0 Å². The predicted molar refractivity (Wildman–Crippen MR) is 95.4 cm³/mol. The van der Waals surface area contributed by atoms with Crippen LogP contribution >= 0.6 is 0 Å². The standard InChI is InChI=1S/C21H27N2/c1-23-13-12-22(16-21(23)15-19-10-6-3-7-11-19)20(17-23)14-18-8-4-2-5-9-18/h2-11,20-21H,12-17H2,1H3/q+1/t20-,21-,23-/m0/s1. The van der Waals surface area contributed by atoms with Crippen molar-refractivity contribution in [1.29, 1.82) is 0 Å². The lowest BCUT2D eigenvalue weighted by Gasteiger charge is -2.57. The van der Waals surface area contributed by atoms with E-state index < -0.39 is 0 Å². The Morgan fingerprint density at radius 2 is 1.52 bits per heavy atom. The molecule has 0 aliphatic carbocycles. The van der Waals surface area contributed by atoms with Crippen LogP contribution in [0.1, 0.15) is 11.1 Å². The number of nitrogens with zero attached hydrogens (tertiary/aromatic N) is 2. The van der Waals surface area contributed by atoms with E-state index in [0.717, 1.165) is 6.04 Å². The van der Waals surface area contributed by atoms with Crippen LogP contribution in [0.4, 0.5) is 0 Å². The summed E-state index contributed by atoms with van der Waals surface area (Å²) >= 11 is 0. The molecule has 2 bridgehead atoms. The van der Waals surface area contributed by atoms with Crippen molar-refractivity contribution in [2.45, 2.75) is 24.9 Å². The number of likely N-dealkylation sites (N-methyl/N-ethyl adjacent to an activating group) is 1. The molecule has 3 heterocycles. The largest absolute Gasteiger partial charge is 0.320 e. The summed E-state index contributed by atoms with van der Waals surface area (Å²) in [5.41, 5.74) is 2.97. The summed E-state index contributed by atoms with van der Waals surface area (Å²) in [6.07, 6.45) is 2.42. The Morgan fingerprint density at radius 3 is 2.13 bits per heavy atom. The van der Waals surface area contributed by atoms with Crippen LogP contribution < -0.4 is 0 Å². The Balaban J connectivity index is 1.47. The van der Waals surface area contributed by atoms with Crippen molar-refractivity contribution < 1.29 is 4.48 Å². The average Bonchev–Trinajstić information content (AvgIpc) is 2.58. The van der Waals surface area contributed by atoms with Gasteiger partial charge >= 0.3 is 0 Å². The zero-order valence-electron chi connectivity index (χ0n) is 14.1. The van der Waals surface area contributed by atoms with Crippen molar-refractivity contribution in [3.8, 4) is 0 Å². The normalized spacial score (nSPS) is 32.8. The lowest BCUT2D eigenvalue weighted by atomic mass is 9.91. The molecule has 23 heavy (non-hydrogen) atoms. The summed E-state index contributed by atoms with van der Waals surface area (Å²) in [6, 6.07) is 23.5. The molecule has 2 heteroatoms. The fourth-order valence-corrected chi connectivity index (χ4v) is 4.52. The zero-order chi connectivity index (χ0) is 15.7. The van der Waals surface area contributed by atoms with Crippen LogP contribution in [0.3, 0.4) is 0 Å². The van der Waals surface area contributed by atoms with Crippen LogP contribution in [0.25, 0.3) is 0 Å². The fourth-order valence-electron chi connectivity index (χ4n) is 4.52. The Labute approximate surface area is 139 Å². The highest BCUT2D eigenvalue weighted by Crippen LogP contribution is 2.30. The molecule has 1 unspecified atom stereocenters. The fraction of sp³-hybridized carbons (Fsp3) is 0.429. The van der Waals surface area contributed by atoms with Gasteiger partial charge in [-0.1, -0.05) is 60.7 Å². The Kier molecular flexibility index (Phi) is 3.96. The third kappa shape index (κ3) is 3.06. The third-order valence-corrected chi connectivity index (χ3v) is 6.00. The van der Waals surface area contributed by atoms with Crippen molar-refractivity contribution in [3.63, 3.8) is 0 Å². The first-order valence-corrected chi connectivity index (χ1v) is 8.89. The maximum Gasteiger partial charge on any atom is 0.106 e. The minimum atomic E-state index is 0.711. The molecule has 3 saturated heterocycles. The van der Waals surface area contributed by atoms with E-state index in [9.17, 15) is 0 Å². The number of quaternary nitrogens is 1. The monoisotopic (exact) mass is 307 g/mol. The molecule has 0 N–H and O–H groups in total. The summed E-state index contributed by atoms with van der Waals surface area (Å²) in [5, 5.41) is 0. The van der Waals surface area contributed by atoms with E-state index in [1.807, 2.05) is 0 Å². The number of hydrogen-bond acceptors (Lipinski definition) is 1. The van der Waals surface area contributed by atoms with Crippen molar-refractivity contribution in [1.82, 2.24) is 4.90 Å². The molecular weight excluding hydrogens is 280 g/mol. The molecule has 0 radical (unpaired) electrons. The van der Waals surface area contributed by atoms with Crippen molar-refractivity contribution in [3.05, 3.63) is 71.8 Å². The molecule has 3 fully saturated rings. The van der Waals surface area contributed by atoms with E-state index in [0.29, 0.717) is 6.04 Å². The summed E-state index contributed by atoms with van der Waals surface area (Å²) < 4.78 is 1.25. The van der Waals surface area contributed by atoms with Gasteiger partial charge in [0.05, 0.1) is 32.7 Å². The zero-order valence-corrected chi connectivity index (χ0v) is 14.1. The molecule has 2 aromatic rings. The highest BCUT2D eigenvalue weighted by atomic mass is 15.5. The van der Waals surface area contributed by atoms with Gasteiger partial charge in [-0.3, -0.25) is 4.90 Å². The summed E-state index contributed by atoms with van der Waals surface area (Å²) in [7, 11) is 2.49. The Bertz CT molecular complexity index is 639. The minimum absolute atomic E-state index is 0.711. The number of piperazine rings is 3. The second-order valence-electron chi connectivity index (χ2n) is 7.57. The first kappa shape index (κ1) is 14.9. The lowest BCUT2D eigenvalue weighted by molar-refractivity contribution is -0.950. The average molecular weight is 307 g/mol. The molecule has 120 valence electrons. The van der Waals surface area contributed by atoms with Crippen molar-refractivity contribution in [2.75, 3.05) is 33.2 Å². The quantitative estimate of drug-likeness (QED) is 0.785. The number of rotatable bonds is 4. The number of benzene rings is 2. The van der Waals surface area contributed by atoms with E-state index in [4.69, 9.17) is 0 Å². The first-order chi connectivity index (χ1) is 11.2. The Hall–Kier alpha value is -1.64. The van der Waals surface area contributed by atoms with Crippen molar-refractivity contribution >= 4 is 0 Å². The summed E-state index contributed by atoms with van der Waals surface area (Å²) in [5.74, 6) is 0. The van der Waals surface area contributed by atoms with Crippen LogP contribution in [0.2, 0.25) is 0 Å². The molecule has 3 aliphatic rings. The molecule has 0 aromatic heterocycles. The van der Waals surface area contributed by atoms with E-state index in [1.165, 1.54) is 54.6 Å². The molecule has 5 rings (SSSR count). The second kappa shape index (κ2) is 6.10. The highest BCUT2D eigenvalue weighted by molar-refractivity contribution is 5.18. The molecule has 2 nitrogen and oxygen atoms in total. The molecule has 0 spiro atoms. The van der Waals surface area contributed by atoms with Gasteiger partial charge in [0, 0.05) is 13.0 Å². The molecule has 4 atom stereocenters. The lowest BCUT2D eigenvalue weighted by Crippen LogP contribution is -2.74. The van der Waals surface area contributed by atoms with Gasteiger partial charge < -0.3 is 4.48 Å². The molecule has 0 saturated carbocycles. The number of hydrogen-bond donors (Lipinski definition) is 0. The molecule has 3 aliphatic heterocycles.